The van der Waals surface area contributed by atoms with Crippen LogP contribution in [-0.2, 0) is 14.8 Å². The topological polar surface area (TPSA) is 63.7 Å². The first-order chi connectivity index (χ1) is 8.48. The van der Waals surface area contributed by atoms with Crippen LogP contribution in [0, 0.1) is 0 Å². The van der Waals surface area contributed by atoms with Crippen LogP contribution in [0.2, 0.25) is 0 Å². The van der Waals surface area contributed by atoms with Gasteiger partial charge in [0.25, 0.3) is 0 Å². The van der Waals surface area contributed by atoms with Gasteiger partial charge in [0.15, 0.2) is 0 Å². The fraction of sp³-hybridized carbons (Fsp3) is 0.417. The molecule has 1 aromatic rings. The molecule has 98 valence electrons. The number of carbonyl (C=O) groups excluding carboxylic acids is 1. The van der Waals surface area contributed by atoms with E-state index in [1.165, 1.54) is 18.5 Å². The minimum Gasteiger partial charge on any atom is -0.465 e. The van der Waals surface area contributed by atoms with Crippen molar-refractivity contribution >= 4 is 21.7 Å². The summed E-state index contributed by atoms with van der Waals surface area (Å²) in [4.78, 5) is 11.6. The SMILES string of the molecule is COC(=O)c1ccccc1N(C)S(=O)(=O)C1CC1. The molecule has 5 nitrogen and oxygen atoms in total. The molecule has 1 aliphatic rings. The Bertz CT molecular complexity index is 563. The lowest BCUT2D eigenvalue weighted by Crippen LogP contribution is -2.31. The highest BCUT2D eigenvalue weighted by Crippen LogP contribution is 2.33. The number of anilines is 1. The first kappa shape index (κ1) is 12.9. The highest BCUT2D eigenvalue weighted by Gasteiger charge is 2.39. The minimum absolute atomic E-state index is 0.256. The Morgan fingerprint density at radius 2 is 1.94 bits per heavy atom. The smallest absolute Gasteiger partial charge is 0.340 e. The summed E-state index contributed by atoms with van der Waals surface area (Å²) in [6.07, 6.45) is 1.38. The van der Waals surface area contributed by atoms with Gasteiger partial charge in [0, 0.05) is 7.05 Å². The molecule has 0 bridgehead atoms. The lowest BCUT2D eigenvalue weighted by atomic mass is 10.2. The van der Waals surface area contributed by atoms with Crippen molar-refractivity contribution in [1.82, 2.24) is 0 Å². The standard InChI is InChI=1S/C12H15NO4S/c1-13(18(15,16)9-7-8-9)11-6-4-3-5-10(11)12(14)17-2/h3-6,9H,7-8H2,1-2H3. The number of esters is 1. The number of para-hydroxylation sites is 1. The van der Waals surface area contributed by atoms with Crippen molar-refractivity contribution in [3.05, 3.63) is 29.8 Å². The lowest BCUT2D eigenvalue weighted by molar-refractivity contribution is 0.0601. The van der Waals surface area contributed by atoms with E-state index in [2.05, 4.69) is 4.74 Å². The number of nitrogens with zero attached hydrogens (tertiary/aromatic N) is 1. The van der Waals surface area contributed by atoms with Gasteiger partial charge < -0.3 is 4.74 Å². The van der Waals surface area contributed by atoms with Crippen LogP contribution < -0.4 is 4.31 Å². The van der Waals surface area contributed by atoms with E-state index in [-0.39, 0.29) is 10.8 Å². The Labute approximate surface area is 106 Å². The Morgan fingerprint density at radius 1 is 1.33 bits per heavy atom. The van der Waals surface area contributed by atoms with Crippen molar-refractivity contribution < 1.29 is 17.9 Å². The molecule has 0 spiro atoms. The molecule has 0 heterocycles. The van der Waals surface area contributed by atoms with Crippen LogP contribution in [0.3, 0.4) is 0 Å². The van der Waals surface area contributed by atoms with Gasteiger partial charge in [0.1, 0.15) is 0 Å². The van der Waals surface area contributed by atoms with Crippen LogP contribution in [0.4, 0.5) is 5.69 Å². The molecule has 0 amide bonds. The molecule has 0 atom stereocenters. The largest absolute Gasteiger partial charge is 0.465 e. The molecular formula is C12H15NO4S. The molecule has 1 fully saturated rings. The van der Waals surface area contributed by atoms with Gasteiger partial charge >= 0.3 is 5.97 Å². The number of benzene rings is 1. The maximum atomic E-state index is 12.1. The van der Waals surface area contributed by atoms with Gasteiger partial charge in [-0.1, -0.05) is 12.1 Å². The van der Waals surface area contributed by atoms with Gasteiger partial charge in [-0.2, -0.15) is 0 Å². The van der Waals surface area contributed by atoms with E-state index < -0.39 is 16.0 Å². The molecule has 0 saturated heterocycles. The van der Waals surface area contributed by atoms with Crippen LogP contribution in [0.5, 0.6) is 0 Å². The summed E-state index contributed by atoms with van der Waals surface area (Å²) in [5.41, 5.74) is 0.614. The van der Waals surface area contributed by atoms with Crippen LogP contribution in [0.15, 0.2) is 24.3 Å². The predicted octanol–water partition coefficient (Wildman–Crippen LogP) is 1.40. The minimum atomic E-state index is -3.36. The fourth-order valence-electron chi connectivity index (χ4n) is 1.76. The summed E-state index contributed by atoms with van der Waals surface area (Å²) >= 11 is 0. The summed E-state index contributed by atoms with van der Waals surface area (Å²) in [7, 11) is -0.618. The first-order valence-corrected chi connectivity index (χ1v) is 7.14. The maximum absolute atomic E-state index is 12.1. The van der Waals surface area contributed by atoms with Crippen molar-refractivity contribution in [2.75, 3.05) is 18.5 Å². The number of carbonyl (C=O) groups is 1. The van der Waals surface area contributed by atoms with Gasteiger partial charge in [0.2, 0.25) is 10.0 Å². The molecular weight excluding hydrogens is 254 g/mol. The number of hydrogen-bond donors (Lipinski definition) is 0. The van der Waals surface area contributed by atoms with Crippen molar-refractivity contribution in [2.24, 2.45) is 0 Å². The highest BCUT2D eigenvalue weighted by atomic mass is 32.2. The zero-order valence-electron chi connectivity index (χ0n) is 10.3. The summed E-state index contributed by atoms with van der Waals surface area (Å²) in [6, 6.07) is 6.53. The Balaban J connectivity index is 2.41. The maximum Gasteiger partial charge on any atom is 0.340 e. The Morgan fingerprint density at radius 3 is 2.50 bits per heavy atom. The Kier molecular flexibility index (Phi) is 3.30. The second-order valence-electron chi connectivity index (χ2n) is 4.22. The van der Waals surface area contributed by atoms with E-state index in [0.717, 1.165) is 0 Å². The lowest BCUT2D eigenvalue weighted by Gasteiger charge is -2.21. The summed E-state index contributed by atoms with van der Waals surface area (Å²) in [6.45, 7) is 0. The van der Waals surface area contributed by atoms with E-state index in [9.17, 15) is 13.2 Å². The van der Waals surface area contributed by atoms with E-state index >= 15 is 0 Å². The molecule has 0 N–H and O–H groups in total. The van der Waals surface area contributed by atoms with Gasteiger partial charge in [-0.3, -0.25) is 4.31 Å². The average Bonchev–Trinajstić information content (AvgIpc) is 3.21. The number of rotatable bonds is 4. The third kappa shape index (κ3) is 2.20. The third-order valence-corrected chi connectivity index (χ3v) is 5.25. The molecule has 0 aromatic heterocycles. The van der Waals surface area contributed by atoms with Crippen molar-refractivity contribution in [3.63, 3.8) is 0 Å². The zero-order valence-corrected chi connectivity index (χ0v) is 11.1. The zero-order chi connectivity index (χ0) is 13.3. The van der Waals surface area contributed by atoms with E-state index in [1.807, 2.05) is 0 Å². The molecule has 0 aliphatic heterocycles. The molecule has 2 rings (SSSR count). The van der Waals surface area contributed by atoms with E-state index in [0.29, 0.717) is 18.5 Å². The van der Waals surface area contributed by atoms with Gasteiger partial charge in [0.05, 0.1) is 23.6 Å². The number of methoxy groups -OCH3 is 1. The molecule has 1 aliphatic carbocycles. The summed E-state index contributed by atoms with van der Waals surface area (Å²) < 4.78 is 30.1. The second-order valence-corrected chi connectivity index (χ2v) is 6.46. The molecule has 1 saturated carbocycles. The number of sulfonamides is 1. The van der Waals surface area contributed by atoms with Gasteiger partial charge in [-0.25, -0.2) is 13.2 Å². The van der Waals surface area contributed by atoms with Crippen LogP contribution in [0.25, 0.3) is 0 Å². The van der Waals surface area contributed by atoms with Crippen molar-refractivity contribution in [1.29, 1.82) is 0 Å². The molecule has 1 aromatic carbocycles. The Hall–Kier alpha value is -1.56. The van der Waals surface area contributed by atoms with Crippen molar-refractivity contribution in [3.8, 4) is 0 Å². The molecule has 6 heteroatoms. The van der Waals surface area contributed by atoms with E-state index in [1.54, 1.807) is 24.3 Å². The van der Waals surface area contributed by atoms with Gasteiger partial charge in [-0.15, -0.1) is 0 Å². The van der Waals surface area contributed by atoms with Crippen molar-refractivity contribution in [2.45, 2.75) is 18.1 Å². The first-order valence-electron chi connectivity index (χ1n) is 5.63. The molecule has 18 heavy (non-hydrogen) atoms. The van der Waals surface area contributed by atoms with Crippen LogP contribution >= 0.6 is 0 Å². The van der Waals surface area contributed by atoms with Crippen LogP contribution in [-0.4, -0.2) is 33.8 Å². The highest BCUT2D eigenvalue weighted by molar-refractivity contribution is 7.93. The number of hydrogen-bond acceptors (Lipinski definition) is 4. The van der Waals surface area contributed by atoms with Gasteiger partial charge in [-0.05, 0) is 25.0 Å². The average molecular weight is 269 g/mol. The monoisotopic (exact) mass is 269 g/mol. The third-order valence-electron chi connectivity index (χ3n) is 2.98. The normalized spacial score (nSPS) is 15.2. The fourth-order valence-corrected chi connectivity index (χ4v) is 3.37. The summed E-state index contributed by atoms with van der Waals surface area (Å²) in [5.74, 6) is -0.538. The second kappa shape index (κ2) is 4.61. The molecule has 0 radical (unpaired) electrons. The van der Waals surface area contributed by atoms with Crippen LogP contribution in [0.1, 0.15) is 23.2 Å². The van der Waals surface area contributed by atoms with E-state index in [4.69, 9.17) is 0 Å². The molecule has 0 unspecified atom stereocenters. The number of ether oxygens (including phenoxy) is 1. The predicted molar refractivity (Wildman–Crippen MR) is 68.1 cm³/mol. The summed E-state index contributed by atoms with van der Waals surface area (Å²) in [5, 5.41) is -0.312. The quantitative estimate of drug-likeness (QED) is 0.775.